The average Bonchev–Trinajstić information content (AvgIpc) is 3.38. The number of carbonyl (C=O) groups excluding carboxylic acids is 2. The molecule has 0 saturated heterocycles. The first-order valence-corrected chi connectivity index (χ1v) is 31.1. The van der Waals surface area contributed by atoms with Gasteiger partial charge in [-0.1, -0.05) is 292 Å². The topological polar surface area (TPSA) is 72.8 Å². The highest BCUT2D eigenvalue weighted by Gasteiger charge is 2.16. The van der Waals surface area contributed by atoms with Crippen molar-refractivity contribution in [1.82, 2.24) is 0 Å². The van der Waals surface area contributed by atoms with E-state index in [0.717, 1.165) is 77.0 Å². The Kier molecular flexibility index (Phi) is 59.8. The standard InChI is InChI=1S/C67H118O5/c1-3-5-7-9-11-13-15-17-19-21-23-24-25-26-27-28-29-30-31-32-33-34-35-36-37-38-39-40-41-42-44-46-48-50-52-54-56-58-60-62-67(70)72-65(63-68)64-71-66(69)61-59-57-55-53-51-49-47-45-43-22-20-18-16-14-12-10-8-6-4-2/h5,7,11,13,17-20,23-24,26-27,29-30,65,68H,3-4,6,8-10,12,14-16,21-22,25,28,31-64H2,1-2H3/b7-5-,13-11-,19-17-,20-18-,24-23-,27-26-,30-29-. The number of esters is 2. The molecule has 0 amide bonds. The van der Waals surface area contributed by atoms with Crippen LogP contribution in [0.2, 0.25) is 0 Å². The Morgan fingerprint density at radius 2 is 0.597 bits per heavy atom. The molecule has 0 fully saturated rings. The summed E-state index contributed by atoms with van der Waals surface area (Å²) in [5.41, 5.74) is 0. The summed E-state index contributed by atoms with van der Waals surface area (Å²) in [7, 11) is 0. The average molecular weight is 1000 g/mol. The fourth-order valence-electron chi connectivity index (χ4n) is 9.03. The van der Waals surface area contributed by atoms with E-state index in [2.05, 4.69) is 98.9 Å². The zero-order chi connectivity index (χ0) is 52.0. The van der Waals surface area contributed by atoms with E-state index in [1.165, 1.54) is 205 Å². The van der Waals surface area contributed by atoms with Crippen LogP contribution in [0, 0.1) is 0 Å². The monoisotopic (exact) mass is 1000 g/mol. The van der Waals surface area contributed by atoms with E-state index in [-0.39, 0.29) is 25.2 Å². The van der Waals surface area contributed by atoms with Crippen LogP contribution in [0.5, 0.6) is 0 Å². The number of hydrogen-bond donors (Lipinski definition) is 1. The molecule has 416 valence electrons. The van der Waals surface area contributed by atoms with Crippen molar-refractivity contribution in [2.24, 2.45) is 0 Å². The van der Waals surface area contributed by atoms with Gasteiger partial charge in [0.15, 0.2) is 6.10 Å². The maximum absolute atomic E-state index is 12.3. The number of rotatable bonds is 57. The molecular formula is C67H118O5. The molecule has 0 aromatic heterocycles. The largest absolute Gasteiger partial charge is 0.462 e. The number of hydrogen-bond acceptors (Lipinski definition) is 5. The molecule has 5 heteroatoms. The summed E-state index contributed by atoms with van der Waals surface area (Å²) >= 11 is 0. The summed E-state index contributed by atoms with van der Waals surface area (Å²) < 4.78 is 10.7. The van der Waals surface area contributed by atoms with Crippen molar-refractivity contribution in [2.75, 3.05) is 13.2 Å². The molecule has 0 rings (SSSR count). The first-order valence-electron chi connectivity index (χ1n) is 31.1. The Bertz CT molecular complexity index is 1320. The zero-order valence-corrected chi connectivity index (χ0v) is 47.7. The maximum atomic E-state index is 12.3. The van der Waals surface area contributed by atoms with Crippen LogP contribution in [0.4, 0.5) is 0 Å². The van der Waals surface area contributed by atoms with E-state index in [1.54, 1.807) is 0 Å². The smallest absolute Gasteiger partial charge is 0.306 e. The van der Waals surface area contributed by atoms with E-state index in [4.69, 9.17) is 9.47 Å². The van der Waals surface area contributed by atoms with E-state index < -0.39 is 6.10 Å². The zero-order valence-electron chi connectivity index (χ0n) is 47.7. The lowest BCUT2D eigenvalue weighted by Gasteiger charge is -2.15. The van der Waals surface area contributed by atoms with Gasteiger partial charge in [-0.05, 0) is 89.9 Å². The molecule has 0 aromatic rings. The van der Waals surface area contributed by atoms with E-state index in [0.29, 0.717) is 12.8 Å². The summed E-state index contributed by atoms with van der Waals surface area (Å²) in [5, 5.41) is 9.66. The quantitative estimate of drug-likeness (QED) is 0.0373. The summed E-state index contributed by atoms with van der Waals surface area (Å²) in [4.78, 5) is 24.5. The lowest BCUT2D eigenvalue weighted by Crippen LogP contribution is -2.28. The Morgan fingerprint density at radius 1 is 0.333 bits per heavy atom. The third-order valence-corrected chi connectivity index (χ3v) is 13.7. The van der Waals surface area contributed by atoms with Crippen molar-refractivity contribution < 1.29 is 24.2 Å². The number of unbranched alkanes of at least 4 members (excludes halogenated alkanes) is 35. The van der Waals surface area contributed by atoms with Crippen LogP contribution < -0.4 is 0 Å². The molecule has 0 radical (unpaired) electrons. The second kappa shape index (κ2) is 62.4. The first-order chi connectivity index (χ1) is 35.6. The predicted molar refractivity (Wildman–Crippen MR) is 316 cm³/mol. The summed E-state index contributed by atoms with van der Waals surface area (Å²) in [5.74, 6) is -0.581. The van der Waals surface area contributed by atoms with Crippen molar-refractivity contribution in [1.29, 1.82) is 0 Å². The number of carbonyl (C=O) groups is 2. The predicted octanol–water partition coefficient (Wildman–Crippen LogP) is 21.3. The van der Waals surface area contributed by atoms with Gasteiger partial charge >= 0.3 is 11.9 Å². The molecular weight excluding hydrogens is 885 g/mol. The molecule has 72 heavy (non-hydrogen) atoms. The normalized spacial score (nSPS) is 12.8. The molecule has 1 unspecified atom stereocenters. The van der Waals surface area contributed by atoms with Gasteiger partial charge in [-0.25, -0.2) is 0 Å². The van der Waals surface area contributed by atoms with Gasteiger partial charge in [0.25, 0.3) is 0 Å². The molecule has 5 nitrogen and oxygen atoms in total. The summed E-state index contributed by atoms with van der Waals surface area (Å²) in [6.45, 7) is 4.05. The van der Waals surface area contributed by atoms with Crippen molar-refractivity contribution >= 4 is 11.9 Å². The van der Waals surface area contributed by atoms with Crippen molar-refractivity contribution in [3.63, 3.8) is 0 Å². The third kappa shape index (κ3) is 59.6. The first kappa shape index (κ1) is 69.1. The van der Waals surface area contributed by atoms with Crippen LogP contribution in [-0.4, -0.2) is 36.4 Å². The third-order valence-electron chi connectivity index (χ3n) is 13.7. The minimum atomic E-state index is -0.774. The minimum Gasteiger partial charge on any atom is -0.462 e. The molecule has 0 spiro atoms. The van der Waals surface area contributed by atoms with Crippen LogP contribution in [0.15, 0.2) is 85.1 Å². The van der Waals surface area contributed by atoms with Crippen molar-refractivity contribution in [3.8, 4) is 0 Å². The molecule has 0 aliphatic carbocycles. The Labute approximate surface area is 447 Å². The van der Waals surface area contributed by atoms with Gasteiger partial charge in [0.05, 0.1) is 6.61 Å². The number of aliphatic hydroxyl groups is 1. The molecule has 0 aliphatic heterocycles. The maximum Gasteiger partial charge on any atom is 0.306 e. The van der Waals surface area contributed by atoms with Gasteiger partial charge in [0.1, 0.15) is 6.61 Å². The number of ether oxygens (including phenoxy) is 2. The van der Waals surface area contributed by atoms with Gasteiger partial charge in [-0.3, -0.25) is 9.59 Å². The Morgan fingerprint density at radius 3 is 0.917 bits per heavy atom. The molecule has 0 heterocycles. The molecule has 0 aromatic carbocycles. The lowest BCUT2D eigenvalue weighted by atomic mass is 10.0. The molecule has 0 bridgehead atoms. The molecule has 1 N–H and O–H groups in total. The molecule has 0 aliphatic rings. The highest BCUT2D eigenvalue weighted by Crippen LogP contribution is 2.17. The number of aliphatic hydroxyl groups excluding tert-OH is 1. The fourth-order valence-corrected chi connectivity index (χ4v) is 9.03. The highest BCUT2D eigenvalue weighted by atomic mass is 16.6. The minimum absolute atomic E-state index is 0.0650. The van der Waals surface area contributed by atoms with Gasteiger partial charge in [-0.2, -0.15) is 0 Å². The van der Waals surface area contributed by atoms with Crippen LogP contribution in [-0.2, 0) is 19.1 Å². The van der Waals surface area contributed by atoms with Gasteiger partial charge in [-0.15, -0.1) is 0 Å². The second-order valence-corrected chi connectivity index (χ2v) is 20.8. The summed E-state index contributed by atoms with van der Waals surface area (Å²) in [6.07, 6.45) is 87.3. The van der Waals surface area contributed by atoms with Crippen molar-refractivity contribution in [3.05, 3.63) is 85.1 Å². The Balaban J connectivity index is 3.44. The highest BCUT2D eigenvalue weighted by molar-refractivity contribution is 5.70. The van der Waals surface area contributed by atoms with E-state index >= 15 is 0 Å². The molecule has 0 saturated carbocycles. The lowest BCUT2D eigenvalue weighted by molar-refractivity contribution is -0.161. The van der Waals surface area contributed by atoms with Crippen LogP contribution in [0.1, 0.15) is 309 Å². The van der Waals surface area contributed by atoms with E-state index in [1.807, 2.05) is 0 Å². The van der Waals surface area contributed by atoms with Gasteiger partial charge < -0.3 is 14.6 Å². The molecule has 1 atom stereocenters. The SMILES string of the molecule is CC/C=C\C/C=C\C/C=C\C/C=C\C/C=C\C/C=C\CCCCCCCCCCCCCCCCCCCCCCC(=O)OC(CO)COC(=O)CCCCCCCCCCC/C=C\CCCCCCCC. The van der Waals surface area contributed by atoms with Gasteiger partial charge in [0.2, 0.25) is 0 Å². The fraction of sp³-hybridized carbons (Fsp3) is 0.761. The summed E-state index contributed by atoms with van der Waals surface area (Å²) in [6, 6.07) is 0. The van der Waals surface area contributed by atoms with Gasteiger partial charge in [0, 0.05) is 12.8 Å². The van der Waals surface area contributed by atoms with Crippen LogP contribution >= 0.6 is 0 Å². The number of allylic oxidation sites excluding steroid dienone is 14. The van der Waals surface area contributed by atoms with Crippen LogP contribution in [0.25, 0.3) is 0 Å². The van der Waals surface area contributed by atoms with Crippen LogP contribution in [0.3, 0.4) is 0 Å². The van der Waals surface area contributed by atoms with Crippen molar-refractivity contribution in [2.45, 2.75) is 315 Å². The second-order valence-electron chi connectivity index (χ2n) is 20.8. The Hall–Kier alpha value is -2.92. The van der Waals surface area contributed by atoms with E-state index in [9.17, 15) is 14.7 Å².